The summed E-state index contributed by atoms with van der Waals surface area (Å²) in [6.45, 7) is 5.96. The molecule has 6 heteroatoms. The standard InChI is InChI=1S/C19H15F2NO2Si/c1-25(2,3)11-10-12-8-9-15(17(21)16(12)20)22-18(23)13-6-4-5-7-14(13)19(22)24/h4-9H,1-3H3. The van der Waals surface area contributed by atoms with Crippen LogP contribution in [0.5, 0.6) is 0 Å². The minimum atomic E-state index is -1.75. The van der Waals surface area contributed by atoms with Crippen molar-refractivity contribution >= 4 is 25.6 Å². The zero-order valence-electron chi connectivity index (χ0n) is 14.0. The van der Waals surface area contributed by atoms with Crippen LogP contribution in [0.25, 0.3) is 0 Å². The molecule has 1 aliphatic heterocycles. The van der Waals surface area contributed by atoms with Gasteiger partial charge in [0.05, 0.1) is 22.4 Å². The van der Waals surface area contributed by atoms with Crippen molar-refractivity contribution in [1.29, 1.82) is 0 Å². The van der Waals surface area contributed by atoms with Gasteiger partial charge in [-0.05, 0) is 24.3 Å². The number of benzene rings is 2. The smallest absolute Gasteiger partial charge is 0.266 e. The van der Waals surface area contributed by atoms with Crippen LogP contribution in [0.2, 0.25) is 19.6 Å². The minimum absolute atomic E-state index is 0.0831. The molecule has 1 aliphatic rings. The number of hydrogen-bond acceptors (Lipinski definition) is 2. The van der Waals surface area contributed by atoms with E-state index in [-0.39, 0.29) is 16.7 Å². The van der Waals surface area contributed by atoms with Gasteiger partial charge in [-0.15, -0.1) is 5.54 Å². The van der Waals surface area contributed by atoms with E-state index >= 15 is 0 Å². The molecule has 0 N–H and O–H groups in total. The molecule has 0 saturated carbocycles. The lowest BCUT2D eigenvalue weighted by atomic mass is 10.1. The number of hydrogen-bond donors (Lipinski definition) is 0. The maximum Gasteiger partial charge on any atom is 0.266 e. The third kappa shape index (κ3) is 2.99. The first-order chi connectivity index (χ1) is 11.7. The molecule has 0 aromatic heterocycles. The van der Waals surface area contributed by atoms with Gasteiger partial charge in [0, 0.05) is 0 Å². The van der Waals surface area contributed by atoms with Gasteiger partial charge in [0.25, 0.3) is 11.8 Å². The maximum absolute atomic E-state index is 14.5. The zero-order valence-corrected chi connectivity index (χ0v) is 15.0. The van der Waals surface area contributed by atoms with Crippen LogP contribution in [0.1, 0.15) is 26.3 Å². The van der Waals surface area contributed by atoms with Crippen molar-refractivity contribution in [2.45, 2.75) is 19.6 Å². The largest absolute Gasteiger partial charge is 0.268 e. The van der Waals surface area contributed by atoms with E-state index in [2.05, 4.69) is 11.5 Å². The van der Waals surface area contributed by atoms with Gasteiger partial charge < -0.3 is 0 Å². The summed E-state index contributed by atoms with van der Waals surface area (Å²) in [4.78, 5) is 25.5. The predicted octanol–water partition coefficient (Wildman–Crippen LogP) is 3.99. The third-order valence-corrected chi connectivity index (χ3v) is 4.54. The van der Waals surface area contributed by atoms with E-state index < -0.39 is 37.2 Å². The number of fused-ring (bicyclic) bond motifs is 1. The first kappa shape index (κ1) is 17.1. The third-order valence-electron chi connectivity index (χ3n) is 3.67. The van der Waals surface area contributed by atoms with Gasteiger partial charge >= 0.3 is 0 Å². The quantitative estimate of drug-likeness (QED) is 0.441. The van der Waals surface area contributed by atoms with Crippen LogP contribution in [-0.2, 0) is 0 Å². The highest BCUT2D eigenvalue weighted by Gasteiger charge is 2.38. The Balaban J connectivity index is 2.06. The minimum Gasteiger partial charge on any atom is -0.268 e. The molecule has 0 radical (unpaired) electrons. The predicted molar refractivity (Wildman–Crippen MR) is 94.2 cm³/mol. The second-order valence-corrected chi connectivity index (χ2v) is 11.5. The van der Waals surface area contributed by atoms with Crippen LogP contribution in [-0.4, -0.2) is 19.9 Å². The van der Waals surface area contributed by atoms with E-state index in [1.807, 2.05) is 19.6 Å². The Morgan fingerprint density at radius 3 is 1.96 bits per heavy atom. The van der Waals surface area contributed by atoms with Crippen LogP contribution in [0, 0.1) is 23.1 Å². The number of rotatable bonds is 1. The fourth-order valence-corrected chi connectivity index (χ4v) is 2.98. The number of amides is 2. The Bertz CT molecular complexity index is 933. The van der Waals surface area contributed by atoms with E-state index in [0.29, 0.717) is 4.90 Å². The second-order valence-electron chi connectivity index (χ2n) is 6.75. The number of carbonyl (C=O) groups is 2. The molecule has 0 saturated heterocycles. The van der Waals surface area contributed by atoms with Crippen LogP contribution < -0.4 is 4.90 Å². The molecule has 0 bridgehead atoms. The molecule has 3 nitrogen and oxygen atoms in total. The summed E-state index contributed by atoms with van der Waals surface area (Å²) in [5.41, 5.74) is 2.83. The van der Waals surface area contributed by atoms with Gasteiger partial charge in [0.15, 0.2) is 11.6 Å². The molecule has 0 spiro atoms. The summed E-state index contributed by atoms with van der Waals surface area (Å²) in [6.07, 6.45) is 0. The van der Waals surface area contributed by atoms with Gasteiger partial charge in [-0.3, -0.25) is 9.59 Å². The van der Waals surface area contributed by atoms with Crippen molar-refractivity contribution in [2.24, 2.45) is 0 Å². The van der Waals surface area contributed by atoms with Crippen LogP contribution >= 0.6 is 0 Å². The van der Waals surface area contributed by atoms with E-state index in [4.69, 9.17) is 0 Å². The van der Waals surface area contributed by atoms with E-state index in [1.54, 1.807) is 12.1 Å². The summed E-state index contributed by atoms with van der Waals surface area (Å²) >= 11 is 0. The highest BCUT2D eigenvalue weighted by molar-refractivity contribution is 6.83. The van der Waals surface area contributed by atoms with Crippen molar-refractivity contribution in [3.63, 3.8) is 0 Å². The summed E-state index contributed by atoms with van der Waals surface area (Å²) in [7, 11) is -1.75. The average molecular weight is 355 g/mol. The monoisotopic (exact) mass is 355 g/mol. The topological polar surface area (TPSA) is 37.4 Å². The Morgan fingerprint density at radius 2 is 1.44 bits per heavy atom. The molecule has 2 amide bonds. The fourth-order valence-electron chi connectivity index (χ4n) is 2.47. The molecule has 2 aromatic carbocycles. The highest BCUT2D eigenvalue weighted by Crippen LogP contribution is 2.31. The summed E-state index contributed by atoms with van der Waals surface area (Å²) < 4.78 is 28.9. The lowest BCUT2D eigenvalue weighted by Crippen LogP contribution is -2.30. The Hall–Kier alpha value is -2.78. The summed E-state index contributed by atoms with van der Waals surface area (Å²) in [6, 6.07) is 8.70. The van der Waals surface area contributed by atoms with Gasteiger partial charge in [0.1, 0.15) is 8.07 Å². The van der Waals surface area contributed by atoms with Crippen molar-refractivity contribution in [3.05, 3.63) is 64.7 Å². The van der Waals surface area contributed by atoms with Crippen LogP contribution in [0.3, 0.4) is 0 Å². The first-order valence-corrected chi connectivity index (χ1v) is 11.2. The van der Waals surface area contributed by atoms with Gasteiger partial charge in [-0.25, -0.2) is 13.7 Å². The zero-order chi connectivity index (χ0) is 18.4. The molecule has 126 valence electrons. The number of imide groups is 1. The molecule has 0 unspecified atom stereocenters. The molecule has 1 heterocycles. The van der Waals surface area contributed by atoms with E-state index in [0.717, 1.165) is 0 Å². The molecule has 0 fully saturated rings. The normalized spacial score (nSPS) is 13.6. The first-order valence-electron chi connectivity index (χ1n) is 7.70. The molecule has 25 heavy (non-hydrogen) atoms. The molecule has 2 aromatic rings. The number of anilines is 1. The van der Waals surface area contributed by atoms with Gasteiger partial charge in [-0.1, -0.05) is 37.7 Å². The molecular weight excluding hydrogens is 340 g/mol. The highest BCUT2D eigenvalue weighted by atomic mass is 28.3. The Kier molecular flexibility index (Phi) is 4.05. The van der Waals surface area contributed by atoms with Crippen LogP contribution in [0.15, 0.2) is 36.4 Å². The van der Waals surface area contributed by atoms with Crippen molar-refractivity contribution < 1.29 is 18.4 Å². The fraction of sp³-hybridized carbons (Fsp3) is 0.158. The number of carbonyl (C=O) groups excluding carboxylic acids is 2. The van der Waals surface area contributed by atoms with Crippen molar-refractivity contribution in [1.82, 2.24) is 0 Å². The number of nitrogens with zero attached hydrogens (tertiary/aromatic N) is 1. The molecule has 0 atom stereocenters. The van der Waals surface area contributed by atoms with Crippen LogP contribution in [0.4, 0.5) is 14.5 Å². The van der Waals surface area contributed by atoms with E-state index in [1.165, 1.54) is 24.3 Å². The summed E-state index contributed by atoms with van der Waals surface area (Å²) in [5, 5.41) is 0. The maximum atomic E-state index is 14.5. The SMILES string of the molecule is C[Si](C)(C)C#Cc1ccc(N2C(=O)c3ccccc3C2=O)c(F)c1F. The molecular formula is C19H15F2NO2Si. The van der Waals surface area contributed by atoms with Gasteiger partial charge in [0.2, 0.25) is 0 Å². The summed E-state index contributed by atoms with van der Waals surface area (Å²) in [5.74, 6) is -1.08. The van der Waals surface area contributed by atoms with Crippen molar-refractivity contribution in [3.8, 4) is 11.5 Å². The van der Waals surface area contributed by atoms with Gasteiger partial charge in [-0.2, -0.15) is 0 Å². The number of halogens is 2. The Labute approximate surface area is 145 Å². The van der Waals surface area contributed by atoms with E-state index in [9.17, 15) is 18.4 Å². The lowest BCUT2D eigenvalue weighted by Gasteiger charge is -2.15. The average Bonchev–Trinajstić information content (AvgIpc) is 2.80. The Morgan fingerprint density at radius 1 is 0.880 bits per heavy atom. The second kappa shape index (κ2) is 5.94. The molecule has 3 rings (SSSR count). The lowest BCUT2D eigenvalue weighted by molar-refractivity contribution is 0.0924. The molecule has 0 aliphatic carbocycles. The van der Waals surface area contributed by atoms with Crippen molar-refractivity contribution in [2.75, 3.05) is 4.90 Å².